The summed E-state index contributed by atoms with van der Waals surface area (Å²) in [4.78, 5) is 10.5. The predicted octanol–water partition coefficient (Wildman–Crippen LogP) is 2.19. The highest BCUT2D eigenvalue weighted by atomic mass is 16.5. The van der Waals surface area contributed by atoms with Crippen molar-refractivity contribution in [3.8, 4) is 0 Å². The molecule has 2 nitrogen and oxygen atoms in total. The first-order valence-electron chi connectivity index (χ1n) is 4.45. The van der Waals surface area contributed by atoms with E-state index in [1.165, 1.54) is 0 Å². The van der Waals surface area contributed by atoms with Crippen molar-refractivity contribution >= 4 is 6.29 Å². The molecule has 0 aromatic carbocycles. The van der Waals surface area contributed by atoms with E-state index in [0.29, 0.717) is 0 Å². The Labute approximate surface area is 74.6 Å². The maximum absolute atomic E-state index is 10.5. The van der Waals surface area contributed by atoms with Crippen molar-refractivity contribution < 1.29 is 9.53 Å². The number of carbonyl (C=O) groups is 1. The minimum absolute atomic E-state index is 0.0356. The maximum atomic E-state index is 10.5. The van der Waals surface area contributed by atoms with Crippen molar-refractivity contribution in [1.29, 1.82) is 0 Å². The summed E-state index contributed by atoms with van der Waals surface area (Å²) in [5, 5.41) is 0. The quantitative estimate of drug-likeness (QED) is 0.332. The van der Waals surface area contributed by atoms with E-state index in [1.807, 2.05) is 6.92 Å². The van der Waals surface area contributed by atoms with Gasteiger partial charge in [-0.1, -0.05) is 19.4 Å². The fraction of sp³-hybridized carbons (Fsp3) is 0.700. The number of rotatable bonds is 7. The van der Waals surface area contributed by atoms with Crippen LogP contribution >= 0.6 is 0 Å². The molecule has 0 aliphatic rings. The van der Waals surface area contributed by atoms with Crippen molar-refractivity contribution in [2.24, 2.45) is 5.92 Å². The van der Waals surface area contributed by atoms with Crippen LogP contribution in [0.15, 0.2) is 12.7 Å². The summed E-state index contributed by atoms with van der Waals surface area (Å²) in [6.07, 6.45) is 4.64. The first-order chi connectivity index (χ1) is 5.76. The van der Waals surface area contributed by atoms with E-state index in [4.69, 9.17) is 4.74 Å². The summed E-state index contributed by atoms with van der Waals surface area (Å²) in [6, 6.07) is 0. The van der Waals surface area contributed by atoms with Gasteiger partial charge in [0.2, 0.25) is 0 Å². The molecule has 0 heterocycles. The Morgan fingerprint density at radius 2 is 2.25 bits per heavy atom. The second kappa shape index (κ2) is 7.04. The molecule has 0 aliphatic heterocycles. The highest BCUT2D eigenvalue weighted by molar-refractivity contribution is 5.57. The van der Waals surface area contributed by atoms with Gasteiger partial charge in [0.25, 0.3) is 0 Å². The van der Waals surface area contributed by atoms with Crippen LogP contribution < -0.4 is 0 Å². The average Bonchev–Trinajstić information content (AvgIpc) is 2.07. The Balaban J connectivity index is 3.60. The molecule has 0 saturated heterocycles. The van der Waals surface area contributed by atoms with E-state index in [9.17, 15) is 4.79 Å². The molecular weight excluding hydrogens is 152 g/mol. The molecule has 0 aliphatic carbocycles. The van der Waals surface area contributed by atoms with E-state index in [1.54, 1.807) is 6.08 Å². The van der Waals surface area contributed by atoms with E-state index in [-0.39, 0.29) is 12.0 Å². The lowest BCUT2D eigenvalue weighted by Crippen LogP contribution is -2.20. The lowest BCUT2D eigenvalue weighted by Gasteiger charge is -2.15. The van der Waals surface area contributed by atoms with E-state index >= 15 is 0 Å². The third-order valence-electron chi connectivity index (χ3n) is 1.85. The third-order valence-corrected chi connectivity index (χ3v) is 1.85. The monoisotopic (exact) mass is 170 g/mol. The van der Waals surface area contributed by atoms with E-state index < -0.39 is 0 Å². The molecule has 0 radical (unpaired) electrons. The van der Waals surface area contributed by atoms with Crippen molar-refractivity contribution in [2.75, 3.05) is 6.61 Å². The highest BCUT2D eigenvalue weighted by Crippen LogP contribution is 2.06. The lowest BCUT2D eigenvalue weighted by atomic mass is 10.1. The van der Waals surface area contributed by atoms with Gasteiger partial charge in [-0.25, -0.2) is 0 Å². The zero-order valence-corrected chi connectivity index (χ0v) is 7.95. The number of unbranched alkanes of at least 4 members (excludes halogenated alkanes) is 1. The molecular formula is C10H18O2. The van der Waals surface area contributed by atoms with Crippen molar-refractivity contribution in [1.82, 2.24) is 0 Å². The van der Waals surface area contributed by atoms with Crippen LogP contribution in [0.3, 0.4) is 0 Å². The number of hydrogen-bond donors (Lipinski definition) is 0. The molecule has 2 atom stereocenters. The Kier molecular flexibility index (Phi) is 6.67. The van der Waals surface area contributed by atoms with E-state index in [2.05, 4.69) is 13.5 Å². The zero-order valence-electron chi connectivity index (χ0n) is 7.95. The molecule has 0 N–H and O–H groups in total. The van der Waals surface area contributed by atoms with Crippen LogP contribution in [0.2, 0.25) is 0 Å². The normalized spacial score (nSPS) is 15.2. The standard InChI is InChI=1S/C10H18O2/c1-4-6-7-12-9(3)10(5-2)8-11/h5,8-10H,2,4,6-7H2,1,3H3/t9-,10-/m0/s1. The molecule has 0 aromatic rings. The summed E-state index contributed by atoms with van der Waals surface area (Å²) < 4.78 is 5.42. The van der Waals surface area contributed by atoms with Crippen LogP contribution in [0.25, 0.3) is 0 Å². The van der Waals surface area contributed by atoms with E-state index in [0.717, 1.165) is 25.7 Å². The Hall–Kier alpha value is -0.630. The van der Waals surface area contributed by atoms with Gasteiger partial charge in [0.15, 0.2) is 0 Å². The Bertz CT molecular complexity index is 124. The minimum Gasteiger partial charge on any atom is -0.377 e. The van der Waals surface area contributed by atoms with Gasteiger partial charge in [-0.3, -0.25) is 0 Å². The smallest absolute Gasteiger partial charge is 0.129 e. The third kappa shape index (κ3) is 4.29. The average molecular weight is 170 g/mol. The van der Waals surface area contributed by atoms with Crippen LogP contribution in [0.1, 0.15) is 26.7 Å². The van der Waals surface area contributed by atoms with Gasteiger partial charge >= 0.3 is 0 Å². The van der Waals surface area contributed by atoms with Crippen LogP contribution in [-0.4, -0.2) is 19.0 Å². The van der Waals surface area contributed by atoms with Gasteiger partial charge < -0.3 is 9.53 Å². The molecule has 0 spiro atoms. The largest absolute Gasteiger partial charge is 0.377 e. The van der Waals surface area contributed by atoms with Gasteiger partial charge in [-0.05, 0) is 13.3 Å². The SMILES string of the molecule is C=C[C@@H](C=O)[C@H](C)OCCCC. The van der Waals surface area contributed by atoms with Crippen LogP contribution in [0.5, 0.6) is 0 Å². The molecule has 0 unspecified atom stereocenters. The van der Waals surface area contributed by atoms with Gasteiger partial charge in [0.1, 0.15) is 6.29 Å². The lowest BCUT2D eigenvalue weighted by molar-refractivity contribution is -0.113. The van der Waals surface area contributed by atoms with Gasteiger partial charge in [0.05, 0.1) is 12.0 Å². The summed E-state index contributed by atoms with van der Waals surface area (Å²) in [7, 11) is 0. The van der Waals surface area contributed by atoms with Crippen molar-refractivity contribution in [3.63, 3.8) is 0 Å². The fourth-order valence-corrected chi connectivity index (χ4v) is 0.883. The molecule has 0 saturated carbocycles. The zero-order chi connectivity index (χ0) is 9.40. The van der Waals surface area contributed by atoms with Crippen LogP contribution in [0, 0.1) is 5.92 Å². The van der Waals surface area contributed by atoms with Crippen LogP contribution in [-0.2, 0) is 9.53 Å². The maximum Gasteiger partial charge on any atom is 0.129 e. The molecule has 0 aromatic heterocycles. The Morgan fingerprint density at radius 1 is 1.58 bits per heavy atom. The summed E-state index contributed by atoms with van der Waals surface area (Å²) in [6.45, 7) is 8.31. The highest BCUT2D eigenvalue weighted by Gasteiger charge is 2.12. The van der Waals surface area contributed by atoms with Crippen LogP contribution in [0.4, 0.5) is 0 Å². The molecule has 70 valence electrons. The van der Waals surface area contributed by atoms with Gasteiger partial charge in [-0.2, -0.15) is 0 Å². The predicted molar refractivity (Wildman–Crippen MR) is 50.1 cm³/mol. The molecule has 0 rings (SSSR count). The summed E-state index contributed by atoms with van der Waals surface area (Å²) >= 11 is 0. The van der Waals surface area contributed by atoms with Gasteiger partial charge in [0, 0.05) is 6.61 Å². The van der Waals surface area contributed by atoms with Crippen molar-refractivity contribution in [3.05, 3.63) is 12.7 Å². The first kappa shape index (κ1) is 11.4. The first-order valence-corrected chi connectivity index (χ1v) is 4.45. The summed E-state index contributed by atoms with van der Waals surface area (Å²) in [5.74, 6) is -0.165. The number of aldehydes is 1. The Morgan fingerprint density at radius 3 is 2.67 bits per heavy atom. The summed E-state index contributed by atoms with van der Waals surface area (Å²) in [5.41, 5.74) is 0. The van der Waals surface area contributed by atoms with Crippen molar-refractivity contribution in [2.45, 2.75) is 32.8 Å². The molecule has 0 amide bonds. The number of hydrogen-bond acceptors (Lipinski definition) is 2. The molecule has 0 bridgehead atoms. The topological polar surface area (TPSA) is 26.3 Å². The second-order valence-corrected chi connectivity index (χ2v) is 2.88. The molecule has 12 heavy (non-hydrogen) atoms. The number of carbonyl (C=O) groups excluding carboxylic acids is 1. The number of ether oxygens (including phenoxy) is 1. The van der Waals surface area contributed by atoms with Gasteiger partial charge in [-0.15, -0.1) is 6.58 Å². The minimum atomic E-state index is -0.165. The molecule has 2 heteroatoms. The molecule has 0 fully saturated rings. The fourth-order valence-electron chi connectivity index (χ4n) is 0.883. The second-order valence-electron chi connectivity index (χ2n) is 2.88.